The summed E-state index contributed by atoms with van der Waals surface area (Å²) in [4.78, 5) is 12.1. The van der Waals surface area contributed by atoms with Crippen LogP contribution in [0.5, 0.6) is 0 Å². The lowest BCUT2D eigenvalue weighted by Gasteiger charge is -2.15. The minimum absolute atomic E-state index is 0.307. The first-order chi connectivity index (χ1) is 9.47. The first-order valence-electron chi connectivity index (χ1n) is 6.08. The van der Waals surface area contributed by atoms with Crippen molar-refractivity contribution in [2.45, 2.75) is 13.0 Å². The number of carbonyl (C=O) groups excluding carboxylic acids is 1. The summed E-state index contributed by atoms with van der Waals surface area (Å²) < 4.78 is 13.1. The zero-order valence-corrected chi connectivity index (χ0v) is 11.6. The Labute approximate surface area is 121 Å². The fourth-order valence-electron chi connectivity index (χ4n) is 1.87. The largest absolute Gasteiger partial charge is 0.398 e. The van der Waals surface area contributed by atoms with E-state index in [0.29, 0.717) is 21.8 Å². The molecule has 2 aromatic rings. The lowest BCUT2D eigenvalue weighted by molar-refractivity contribution is 0.0940. The molecule has 0 unspecified atom stereocenters. The topological polar surface area (TPSA) is 55.1 Å². The van der Waals surface area contributed by atoms with Crippen LogP contribution >= 0.6 is 11.6 Å². The van der Waals surface area contributed by atoms with Crippen molar-refractivity contribution in [2.75, 3.05) is 5.73 Å². The van der Waals surface area contributed by atoms with E-state index in [1.54, 1.807) is 31.2 Å². The molecule has 1 atom stereocenters. The van der Waals surface area contributed by atoms with E-state index < -0.39 is 0 Å². The van der Waals surface area contributed by atoms with Crippen LogP contribution in [0.25, 0.3) is 0 Å². The van der Waals surface area contributed by atoms with Crippen LogP contribution < -0.4 is 11.1 Å². The molecule has 1 amide bonds. The van der Waals surface area contributed by atoms with Gasteiger partial charge in [0, 0.05) is 10.7 Å². The molecule has 2 rings (SSSR count). The number of amides is 1. The summed E-state index contributed by atoms with van der Waals surface area (Å²) in [6.45, 7) is 1.78. The van der Waals surface area contributed by atoms with Gasteiger partial charge in [-0.15, -0.1) is 0 Å². The molecular formula is C15H14ClFN2O. The molecule has 0 radical (unpaired) electrons. The van der Waals surface area contributed by atoms with Crippen molar-refractivity contribution in [3.63, 3.8) is 0 Å². The normalized spacial score (nSPS) is 11.9. The Bertz CT molecular complexity index is 646. The third-order valence-corrected chi connectivity index (χ3v) is 3.19. The molecule has 0 aromatic heterocycles. The molecule has 0 saturated heterocycles. The average Bonchev–Trinajstić information content (AvgIpc) is 2.38. The van der Waals surface area contributed by atoms with Crippen LogP contribution in [0.4, 0.5) is 10.1 Å². The molecule has 0 heterocycles. The highest BCUT2D eigenvalue weighted by Crippen LogP contribution is 2.20. The number of nitrogens with two attached hydrogens (primary N) is 1. The van der Waals surface area contributed by atoms with Gasteiger partial charge in [0.1, 0.15) is 5.82 Å². The van der Waals surface area contributed by atoms with E-state index in [2.05, 4.69) is 5.32 Å². The molecular weight excluding hydrogens is 279 g/mol. The number of nitrogen functional groups attached to an aromatic ring is 1. The van der Waals surface area contributed by atoms with Crippen LogP contribution in [-0.4, -0.2) is 5.91 Å². The van der Waals surface area contributed by atoms with Gasteiger partial charge in [-0.25, -0.2) is 4.39 Å². The zero-order chi connectivity index (χ0) is 14.7. The van der Waals surface area contributed by atoms with Crippen molar-refractivity contribution < 1.29 is 9.18 Å². The van der Waals surface area contributed by atoms with Gasteiger partial charge in [0.15, 0.2) is 0 Å². The molecule has 0 aliphatic carbocycles. The summed E-state index contributed by atoms with van der Waals surface area (Å²) in [5, 5.41) is 3.24. The molecule has 0 spiro atoms. The predicted molar refractivity (Wildman–Crippen MR) is 78.1 cm³/mol. The summed E-state index contributed by atoms with van der Waals surface area (Å²) in [5.74, 6) is -0.662. The predicted octanol–water partition coefficient (Wildman–Crippen LogP) is 3.55. The number of hydrogen-bond acceptors (Lipinski definition) is 2. The first-order valence-corrected chi connectivity index (χ1v) is 6.46. The van der Waals surface area contributed by atoms with Crippen LogP contribution in [-0.2, 0) is 0 Å². The average molecular weight is 293 g/mol. The van der Waals surface area contributed by atoms with Crippen molar-refractivity contribution in [3.05, 3.63) is 64.4 Å². The van der Waals surface area contributed by atoms with Crippen LogP contribution in [0.1, 0.15) is 28.9 Å². The van der Waals surface area contributed by atoms with E-state index in [0.717, 1.165) is 0 Å². The van der Waals surface area contributed by atoms with Crippen molar-refractivity contribution in [1.29, 1.82) is 0 Å². The van der Waals surface area contributed by atoms with E-state index in [9.17, 15) is 9.18 Å². The third-order valence-electron chi connectivity index (χ3n) is 2.95. The fraction of sp³-hybridized carbons (Fsp3) is 0.133. The second-order valence-electron chi connectivity index (χ2n) is 4.48. The minimum Gasteiger partial charge on any atom is -0.398 e. The summed E-state index contributed by atoms with van der Waals surface area (Å²) in [6, 6.07) is 10.4. The summed E-state index contributed by atoms with van der Waals surface area (Å²) >= 11 is 5.79. The van der Waals surface area contributed by atoms with Crippen molar-refractivity contribution in [2.24, 2.45) is 0 Å². The molecule has 3 nitrogen and oxygen atoms in total. The molecule has 0 aliphatic heterocycles. The summed E-state index contributed by atoms with van der Waals surface area (Å²) in [7, 11) is 0. The molecule has 0 bridgehead atoms. The van der Waals surface area contributed by atoms with E-state index in [1.807, 2.05) is 0 Å². The van der Waals surface area contributed by atoms with Gasteiger partial charge in [-0.2, -0.15) is 0 Å². The van der Waals surface area contributed by atoms with E-state index in [4.69, 9.17) is 17.3 Å². The highest BCUT2D eigenvalue weighted by Gasteiger charge is 2.14. The van der Waals surface area contributed by atoms with Gasteiger partial charge >= 0.3 is 0 Å². The lowest BCUT2D eigenvalue weighted by Crippen LogP contribution is -2.27. The maximum Gasteiger partial charge on any atom is 0.253 e. The van der Waals surface area contributed by atoms with Gasteiger partial charge in [0.2, 0.25) is 0 Å². The van der Waals surface area contributed by atoms with E-state index in [1.165, 1.54) is 18.2 Å². The van der Waals surface area contributed by atoms with Crippen LogP contribution in [0.3, 0.4) is 0 Å². The third kappa shape index (κ3) is 3.27. The standard InChI is InChI=1S/C15H14ClFN2O/c1-9(10-3-2-4-12(17)7-10)19-15(20)13-6-5-11(16)8-14(13)18/h2-9H,18H2,1H3,(H,19,20)/t9-/m1/s1. The molecule has 2 aromatic carbocycles. The Morgan fingerprint density at radius 2 is 2.05 bits per heavy atom. The quantitative estimate of drug-likeness (QED) is 0.850. The number of benzene rings is 2. The van der Waals surface area contributed by atoms with Gasteiger partial charge in [-0.3, -0.25) is 4.79 Å². The van der Waals surface area contributed by atoms with Crippen LogP contribution in [0.2, 0.25) is 5.02 Å². The van der Waals surface area contributed by atoms with Crippen molar-refractivity contribution >= 4 is 23.2 Å². The maximum atomic E-state index is 13.1. The number of carbonyl (C=O) groups is 1. The molecule has 0 fully saturated rings. The Kier molecular flexibility index (Phi) is 4.25. The van der Waals surface area contributed by atoms with Gasteiger partial charge in [0.25, 0.3) is 5.91 Å². The van der Waals surface area contributed by atoms with E-state index >= 15 is 0 Å². The molecule has 3 N–H and O–H groups in total. The molecule has 5 heteroatoms. The number of anilines is 1. The summed E-state index contributed by atoms with van der Waals surface area (Å²) in [6.07, 6.45) is 0. The highest BCUT2D eigenvalue weighted by molar-refractivity contribution is 6.31. The second-order valence-corrected chi connectivity index (χ2v) is 4.92. The number of rotatable bonds is 3. The van der Waals surface area contributed by atoms with E-state index in [-0.39, 0.29) is 17.8 Å². The number of hydrogen-bond donors (Lipinski definition) is 2. The Hall–Kier alpha value is -2.07. The van der Waals surface area contributed by atoms with Gasteiger partial charge < -0.3 is 11.1 Å². The zero-order valence-electron chi connectivity index (χ0n) is 10.9. The molecule has 104 valence electrons. The molecule has 20 heavy (non-hydrogen) atoms. The fourth-order valence-corrected chi connectivity index (χ4v) is 2.05. The summed E-state index contributed by atoms with van der Waals surface area (Å²) in [5.41, 5.74) is 7.09. The lowest BCUT2D eigenvalue weighted by atomic mass is 10.1. The van der Waals surface area contributed by atoms with Crippen LogP contribution in [0.15, 0.2) is 42.5 Å². The Morgan fingerprint density at radius 1 is 1.30 bits per heavy atom. The van der Waals surface area contributed by atoms with Gasteiger partial charge in [-0.05, 0) is 42.8 Å². The van der Waals surface area contributed by atoms with Crippen molar-refractivity contribution in [3.8, 4) is 0 Å². The SMILES string of the molecule is C[C@@H](NC(=O)c1ccc(Cl)cc1N)c1cccc(F)c1. The second kappa shape index (κ2) is 5.92. The van der Waals surface area contributed by atoms with Gasteiger partial charge in [-0.1, -0.05) is 23.7 Å². The number of halogens is 2. The minimum atomic E-state index is -0.338. The van der Waals surface area contributed by atoms with Gasteiger partial charge in [0.05, 0.1) is 11.6 Å². The monoisotopic (exact) mass is 292 g/mol. The van der Waals surface area contributed by atoms with Crippen LogP contribution in [0, 0.1) is 5.82 Å². The van der Waals surface area contributed by atoms with Crippen molar-refractivity contribution in [1.82, 2.24) is 5.32 Å². The highest BCUT2D eigenvalue weighted by atomic mass is 35.5. The first kappa shape index (κ1) is 14.3. The number of nitrogens with one attached hydrogen (secondary N) is 1. The Morgan fingerprint density at radius 3 is 2.70 bits per heavy atom. The maximum absolute atomic E-state index is 13.1. The Balaban J connectivity index is 2.15. The molecule has 0 saturated carbocycles. The smallest absolute Gasteiger partial charge is 0.253 e. The molecule has 0 aliphatic rings.